The predicted molar refractivity (Wildman–Crippen MR) is 178 cm³/mol. The lowest BCUT2D eigenvalue weighted by atomic mass is 10.1. The maximum absolute atomic E-state index is 8.57. The molecule has 206 valence electrons. The Morgan fingerprint density at radius 2 is 1.11 bits per heavy atom. The molecule has 0 fully saturated rings. The molecule has 44 heavy (non-hydrogen) atoms. The number of hydrogen-bond acceptors (Lipinski definition) is 4. The topological polar surface area (TPSA) is 56.7 Å². The van der Waals surface area contributed by atoms with Crippen molar-refractivity contribution in [1.82, 2.24) is 19.5 Å². The summed E-state index contributed by atoms with van der Waals surface area (Å²) in [4.78, 5) is 14.1. The second-order valence-corrected chi connectivity index (χ2v) is 10.5. The maximum Gasteiger partial charge on any atom is 0.164 e. The molecule has 9 rings (SSSR count). The van der Waals surface area contributed by atoms with Gasteiger partial charge in [-0.1, -0.05) is 96.9 Å². The number of aromatic nitrogens is 4. The Labute approximate surface area is 259 Å². The van der Waals surface area contributed by atoms with Crippen LogP contribution in [0.3, 0.4) is 0 Å². The Hall–Kier alpha value is -6.07. The van der Waals surface area contributed by atoms with Gasteiger partial charge in [0.25, 0.3) is 0 Å². The number of hydrogen-bond donors (Lipinski definition) is 0. The first-order chi connectivity index (χ1) is 23.9. The molecule has 5 nitrogen and oxygen atoms in total. The fourth-order valence-corrected chi connectivity index (χ4v) is 5.92. The van der Waals surface area contributed by atoms with Crippen molar-refractivity contribution in [3.63, 3.8) is 0 Å². The third-order valence-corrected chi connectivity index (χ3v) is 7.95. The van der Waals surface area contributed by atoms with Crippen LogP contribution >= 0.6 is 0 Å². The molecule has 0 aliphatic rings. The summed E-state index contributed by atoms with van der Waals surface area (Å²) in [6.45, 7) is 0. The SMILES string of the molecule is [2H]c1c([2H])c([2H])c(-c2nc(-c3ccccc3)nc(-c3ccc(-n4c5ccccc5c5cc6oc7ccccc7c6cc54)cc3)n2)c([2H])c1[2H]. The molecule has 3 aromatic heterocycles. The zero-order valence-electron chi connectivity index (χ0n) is 28.2. The van der Waals surface area contributed by atoms with E-state index in [0.717, 1.165) is 49.4 Å². The molecule has 0 saturated carbocycles. The van der Waals surface area contributed by atoms with Gasteiger partial charge >= 0.3 is 0 Å². The fraction of sp³-hybridized carbons (Fsp3) is 0. The van der Waals surface area contributed by atoms with Crippen LogP contribution in [0.2, 0.25) is 0 Å². The van der Waals surface area contributed by atoms with Crippen LogP contribution in [0.25, 0.3) is 83.6 Å². The van der Waals surface area contributed by atoms with Crippen LogP contribution in [0.5, 0.6) is 0 Å². The molecule has 0 saturated heterocycles. The van der Waals surface area contributed by atoms with E-state index in [9.17, 15) is 0 Å². The highest BCUT2D eigenvalue weighted by molar-refractivity contribution is 6.17. The number of rotatable bonds is 4. The van der Waals surface area contributed by atoms with Crippen molar-refractivity contribution in [2.75, 3.05) is 0 Å². The third-order valence-electron chi connectivity index (χ3n) is 7.95. The Kier molecular flexibility index (Phi) is 4.42. The molecule has 0 aliphatic carbocycles. The van der Waals surface area contributed by atoms with Gasteiger partial charge in [0.1, 0.15) is 11.2 Å². The Morgan fingerprint density at radius 1 is 0.477 bits per heavy atom. The van der Waals surface area contributed by atoms with E-state index in [0.29, 0.717) is 22.8 Å². The van der Waals surface area contributed by atoms with Crippen LogP contribution in [-0.2, 0) is 0 Å². The van der Waals surface area contributed by atoms with Crippen molar-refractivity contribution < 1.29 is 11.3 Å². The van der Waals surface area contributed by atoms with E-state index >= 15 is 0 Å². The van der Waals surface area contributed by atoms with Gasteiger partial charge in [0.15, 0.2) is 17.5 Å². The van der Waals surface area contributed by atoms with E-state index in [2.05, 4.69) is 44.9 Å². The summed E-state index contributed by atoms with van der Waals surface area (Å²) in [6, 6.07) is 35.7. The van der Waals surface area contributed by atoms with E-state index < -0.39 is 18.1 Å². The van der Waals surface area contributed by atoms with Gasteiger partial charge in [-0.15, -0.1) is 0 Å². The molecule has 0 atom stereocenters. The summed E-state index contributed by atoms with van der Waals surface area (Å²) in [5.74, 6) is 0.648. The van der Waals surface area contributed by atoms with E-state index in [1.54, 1.807) is 0 Å². The van der Waals surface area contributed by atoms with Gasteiger partial charge in [0, 0.05) is 43.9 Å². The van der Waals surface area contributed by atoms with Gasteiger partial charge in [-0.25, -0.2) is 15.0 Å². The number of benzene rings is 6. The lowest BCUT2D eigenvalue weighted by Crippen LogP contribution is -2.00. The average Bonchev–Trinajstić information content (AvgIpc) is 3.67. The highest BCUT2D eigenvalue weighted by atomic mass is 16.3. The van der Waals surface area contributed by atoms with E-state index in [1.807, 2.05) is 84.9 Å². The third kappa shape index (κ3) is 3.91. The molecule has 5 heteroatoms. The minimum Gasteiger partial charge on any atom is -0.456 e. The van der Waals surface area contributed by atoms with Crippen molar-refractivity contribution in [1.29, 1.82) is 0 Å². The molecule has 0 amide bonds. The summed E-state index contributed by atoms with van der Waals surface area (Å²) in [5, 5.41) is 4.30. The minimum absolute atomic E-state index is 0.00341. The number of para-hydroxylation sites is 2. The van der Waals surface area contributed by atoms with Gasteiger partial charge in [-0.3, -0.25) is 0 Å². The smallest absolute Gasteiger partial charge is 0.164 e. The first-order valence-electron chi connectivity index (χ1n) is 16.7. The van der Waals surface area contributed by atoms with E-state index in [-0.39, 0.29) is 23.5 Å². The first kappa shape index (κ1) is 19.9. The number of furan rings is 1. The number of nitrogens with zero attached hydrogens (tertiary/aromatic N) is 4. The van der Waals surface area contributed by atoms with Crippen molar-refractivity contribution in [3.8, 4) is 39.9 Å². The highest BCUT2D eigenvalue weighted by Crippen LogP contribution is 2.38. The molecule has 3 heterocycles. The van der Waals surface area contributed by atoms with Crippen LogP contribution in [0.4, 0.5) is 0 Å². The summed E-state index contributed by atoms with van der Waals surface area (Å²) < 4.78 is 50.1. The Balaban J connectivity index is 1.23. The molecular formula is C39H24N4O. The molecule has 0 bridgehead atoms. The van der Waals surface area contributed by atoms with Crippen LogP contribution < -0.4 is 0 Å². The lowest BCUT2D eigenvalue weighted by molar-refractivity contribution is 0.669. The van der Waals surface area contributed by atoms with Crippen molar-refractivity contribution in [2.45, 2.75) is 0 Å². The first-order valence-corrected chi connectivity index (χ1v) is 14.2. The molecule has 9 aromatic rings. The molecule has 0 spiro atoms. The van der Waals surface area contributed by atoms with Crippen molar-refractivity contribution in [2.24, 2.45) is 0 Å². The monoisotopic (exact) mass is 569 g/mol. The summed E-state index contributed by atoms with van der Waals surface area (Å²) in [7, 11) is 0. The van der Waals surface area contributed by atoms with Gasteiger partial charge < -0.3 is 8.98 Å². The van der Waals surface area contributed by atoms with Crippen molar-refractivity contribution in [3.05, 3.63) is 145 Å². The Morgan fingerprint density at radius 3 is 1.89 bits per heavy atom. The highest BCUT2D eigenvalue weighted by Gasteiger charge is 2.17. The zero-order chi connectivity index (χ0) is 33.4. The normalized spacial score (nSPS) is 13.2. The zero-order valence-corrected chi connectivity index (χ0v) is 23.2. The average molecular weight is 570 g/mol. The number of fused-ring (bicyclic) bond motifs is 6. The second-order valence-electron chi connectivity index (χ2n) is 10.5. The molecule has 0 unspecified atom stereocenters. The van der Waals surface area contributed by atoms with Gasteiger partial charge in [0.2, 0.25) is 0 Å². The molecule has 0 aliphatic heterocycles. The van der Waals surface area contributed by atoms with Crippen LogP contribution in [0.1, 0.15) is 6.85 Å². The van der Waals surface area contributed by atoms with Gasteiger partial charge in [-0.2, -0.15) is 0 Å². The lowest BCUT2D eigenvalue weighted by Gasteiger charge is -2.11. The molecule has 0 N–H and O–H groups in total. The summed E-state index contributed by atoms with van der Waals surface area (Å²) >= 11 is 0. The van der Waals surface area contributed by atoms with Crippen LogP contribution in [0.15, 0.2) is 150 Å². The molecule has 6 aromatic carbocycles. The van der Waals surface area contributed by atoms with Gasteiger partial charge in [0.05, 0.1) is 17.9 Å². The molecule has 0 radical (unpaired) electrons. The van der Waals surface area contributed by atoms with E-state index in [4.69, 9.17) is 16.3 Å². The minimum atomic E-state index is -0.473. The quantitative estimate of drug-likeness (QED) is 0.212. The second kappa shape index (κ2) is 9.75. The summed E-state index contributed by atoms with van der Waals surface area (Å²) in [6.07, 6.45) is 0. The summed E-state index contributed by atoms with van der Waals surface area (Å²) in [5.41, 5.74) is 6.03. The van der Waals surface area contributed by atoms with Crippen LogP contribution in [-0.4, -0.2) is 19.5 Å². The van der Waals surface area contributed by atoms with Crippen molar-refractivity contribution >= 4 is 43.7 Å². The standard InChI is InChI=1S/C39H24N4O/c1-3-11-25(12-4-1)37-40-38(26-13-5-2-6-14-26)42-39(41-37)27-19-21-28(22-20-27)43-33-17-9-7-15-29(33)31-24-36-32(23-34(31)43)30-16-8-10-18-35(30)44-36/h1-24H/i1D,3D,4D,11D,12D. The fourth-order valence-electron chi connectivity index (χ4n) is 5.92. The molecular weight excluding hydrogens is 540 g/mol. The van der Waals surface area contributed by atoms with Crippen LogP contribution in [0, 0.1) is 0 Å². The van der Waals surface area contributed by atoms with E-state index in [1.165, 1.54) is 0 Å². The maximum atomic E-state index is 8.57. The largest absolute Gasteiger partial charge is 0.456 e. The predicted octanol–water partition coefficient (Wildman–Crippen LogP) is 9.87. The van der Waals surface area contributed by atoms with Gasteiger partial charge in [-0.05, 0) is 48.5 Å². The Bertz CT molecular complexity index is 2750.